The summed E-state index contributed by atoms with van der Waals surface area (Å²) in [5.74, 6) is 0.830. The van der Waals surface area contributed by atoms with Gasteiger partial charge in [0.25, 0.3) is 0 Å². The van der Waals surface area contributed by atoms with Crippen LogP contribution in [0.5, 0.6) is 5.75 Å². The molecule has 0 amide bonds. The summed E-state index contributed by atoms with van der Waals surface area (Å²) in [6, 6.07) is 6.34. The molecule has 1 aliphatic heterocycles. The normalized spacial score (nSPS) is 18.0. The van der Waals surface area contributed by atoms with Gasteiger partial charge in [-0.3, -0.25) is 4.90 Å². The quantitative estimate of drug-likeness (QED) is 0.882. The van der Waals surface area contributed by atoms with Gasteiger partial charge in [0, 0.05) is 25.7 Å². The van der Waals surface area contributed by atoms with Gasteiger partial charge in [-0.2, -0.15) is 0 Å². The number of fused-ring (bicyclic) bond motifs is 1. The van der Waals surface area contributed by atoms with Crippen LogP contribution in [0.2, 0.25) is 0 Å². The molecule has 1 atom stereocenters. The molecular formula is C15H21N3O2S. The first kappa shape index (κ1) is 14.6. The molecule has 21 heavy (non-hydrogen) atoms. The third kappa shape index (κ3) is 2.84. The monoisotopic (exact) mass is 307 g/mol. The molecule has 1 saturated heterocycles. The summed E-state index contributed by atoms with van der Waals surface area (Å²) < 4.78 is 13.7. The maximum atomic E-state index is 5.51. The van der Waals surface area contributed by atoms with Crippen molar-refractivity contribution in [3.05, 3.63) is 23.0 Å². The third-order valence-corrected chi connectivity index (χ3v) is 4.30. The van der Waals surface area contributed by atoms with Gasteiger partial charge in [0.05, 0.1) is 25.8 Å². The van der Waals surface area contributed by atoms with E-state index in [-0.39, 0.29) is 0 Å². The van der Waals surface area contributed by atoms with E-state index >= 15 is 0 Å². The predicted molar refractivity (Wildman–Crippen MR) is 85.6 cm³/mol. The molecule has 0 aliphatic carbocycles. The average Bonchev–Trinajstić information content (AvgIpc) is 2.84. The Bertz CT molecular complexity index is 673. The Morgan fingerprint density at radius 2 is 2.14 bits per heavy atom. The molecule has 1 unspecified atom stereocenters. The Kier molecular flexibility index (Phi) is 4.28. The molecule has 1 N–H and O–H groups in total. The highest BCUT2D eigenvalue weighted by molar-refractivity contribution is 7.71. The molecule has 0 radical (unpaired) electrons. The summed E-state index contributed by atoms with van der Waals surface area (Å²) in [6.45, 7) is 6.80. The highest BCUT2D eigenvalue weighted by Gasteiger charge is 2.18. The van der Waals surface area contributed by atoms with Crippen LogP contribution in [0.3, 0.4) is 0 Å². The van der Waals surface area contributed by atoms with Crippen molar-refractivity contribution in [1.82, 2.24) is 14.5 Å². The number of rotatable bonds is 4. The Morgan fingerprint density at radius 3 is 2.86 bits per heavy atom. The standard InChI is InChI=1S/C15H21N3O2S/c1-11(10-17-6-8-20-9-7-17)18-12-4-3-5-13(19-2)14(12)16-15(18)21/h3-5,11H,6-10H2,1-2H3,(H,16,21). The van der Waals surface area contributed by atoms with Gasteiger partial charge in [0.15, 0.2) is 4.77 Å². The zero-order valence-corrected chi connectivity index (χ0v) is 13.3. The largest absolute Gasteiger partial charge is 0.494 e. The Balaban J connectivity index is 1.92. The highest BCUT2D eigenvalue weighted by Crippen LogP contribution is 2.27. The molecular weight excluding hydrogens is 286 g/mol. The molecule has 1 aliphatic rings. The van der Waals surface area contributed by atoms with E-state index in [2.05, 4.69) is 27.4 Å². The van der Waals surface area contributed by atoms with Crippen LogP contribution in [0.1, 0.15) is 13.0 Å². The van der Waals surface area contributed by atoms with Crippen LogP contribution in [0, 0.1) is 4.77 Å². The maximum Gasteiger partial charge on any atom is 0.178 e. The van der Waals surface area contributed by atoms with Gasteiger partial charge in [-0.1, -0.05) is 6.07 Å². The molecule has 3 rings (SSSR count). The van der Waals surface area contributed by atoms with Gasteiger partial charge < -0.3 is 19.0 Å². The molecule has 1 aromatic carbocycles. The molecule has 0 bridgehead atoms. The zero-order valence-electron chi connectivity index (χ0n) is 12.5. The number of nitrogens with zero attached hydrogens (tertiary/aromatic N) is 2. The first-order valence-corrected chi connectivity index (χ1v) is 7.69. The molecule has 0 spiro atoms. The number of aromatic amines is 1. The fourth-order valence-corrected chi connectivity index (χ4v) is 3.35. The molecule has 6 heteroatoms. The fraction of sp³-hybridized carbons (Fsp3) is 0.533. The highest BCUT2D eigenvalue weighted by atomic mass is 32.1. The number of benzene rings is 1. The molecule has 1 fully saturated rings. The second-order valence-corrected chi connectivity index (χ2v) is 5.80. The smallest absolute Gasteiger partial charge is 0.178 e. The molecule has 1 aromatic heterocycles. The van der Waals surface area contributed by atoms with Gasteiger partial charge >= 0.3 is 0 Å². The van der Waals surface area contributed by atoms with Crippen molar-refractivity contribution in [2.24, 2.45) is 0 Å². The van der Waals surface area contributed by atoms with Crippen molar-refractivity contribution in [2.45, 2.75) is 13.0 Å². The summed E-state index contributed by atoms with van der Waals surface area (Å²) in [5, 5.41) is 0. The summed E-state index contributed by atoms with van der Waals surface area (Å²) in [6.07, 6.45) is 0. The first-order valence-electron chi connectivity index (χ1n) is 7.28. The number of morpholine rings is 1. The number of aromatic nitrogens is 2. The average molecular weight is 307 g/mol. The van der Waals surface area contributed by atoms with E-state index in [9.17, 15) is 0 Å². The summed E-state index contributed by atoms with van der Waals surface area (Å²) >= 11 is 5.51. The minimum atomic E-state index is 0.302. The van der Waals surface area contributed by atoms with Crippen molar-refractivity contribution in [2.75, 3.05) is 40.0 Å². The maximum absolute atomic E-state index is 5.51. The predicted octanol–water partition coefficient (Wildman–Crippen LogP) is 2.60. The van der Waals surface area contributed by atoms with Crippen LogP contribution in [-0.4, -0.2) is 54.4 Å². The lowest BCUT2D eigenvalue weighted by Gasteiger charge is -2.29. The number of H-pyrrole nitrogens is 1. The van der Waals surface area contributed by atoms with Gasteiger partial charge in [-0.15, -0.1) is 0 Å². The van der Waals surface area contributed by atoms with Gasteiger partial charge in [-0.05, 0) is 31.3 Å². The Hall–Kier alpha value is -1.37. The first-order chi connectivity index (χ1) is 10.2. The van der Waals surface area contributed by atoms with E-state index in [1.807, 2.05) is 12.1 Å². The number of ether oxygens (including phenoxy) is 2. The molecule has 2 heterocycles. The summed E-state index contributed by atoms with van der Waals surface area (Å²) in [4.78, 5) is 5.70. The van der Waals surface area contributed by atoms with Crippen molar-refractivity contribution in [3.8, 4) is 5.75 Å². The van der Waals surface area contributed by atoms with Crippen LogP contribution >= 0.6 is 12.2 Å². The Morgan fingerprint density at radius 1 is 1.38 bits per heavy atom. The van der Waals surface area contributed by atoms with Crippen LogP contribution in [0.25, 0.3) is 11.0 Å². The van der Waals surface area contributed by atoms with Gasteiger partial charge in [0.1, 0.15) is 11.3 Å². The number of hydrogen-bond donors (Lipinski definition) is 1. The van der Waals surface area contributed by atoms with E-state index in [1.54, 1.807) is 7.11 Å². The van der Waals surface area contributed by atoms with Crippen molar-refractivity contribution in [3.63, 3.8) is 0 Å². The molecule has 114 valence electrons. The topological polar surface area (TPSA) is 42.4 Å². The van der Waals surface area contributed by atoms with Crippen molar-refractivity contribution in [1.29, 1.82) is 0 Å². The van der Waals surface area contributed by atoms with Crippen LogP contribution < -0.4 is 4.74 Å². The van der Waals surface area contributed by atoms with E-state index in [4.69, 9.17) is 21.7 Å². The van der Waals surface area contributed by atoms with E-state index in [0.717, 1.165) is 54.4 Å². The number of methoxy groups -OCH3 is 1. The number of nitrogens with one attached hydrogen (secondary N) is 1. The second-order valence-electron chi connectivity index (χ2n) is 5.42. The lowest BCUT2D eigenvalue weighted by molar-refractivity contribution is 0.0327. The van der Waals surface area contributed by atoms with Crippen molar-refractivity contribution < 1.29 is 9.47 Å². The fourth-order valence-electron chi connectivity index (χ4n) is 2.97. The van der Waals surface area contributed by atoms with Crippen LogP contribution in [0.15, 0.2) is 18.2 Å². The Labute approximate surface area is 129 Å². The minimum absolute atomic E-state index is 0.302. The van der Waals surface area contributed by atoms with Crippen LogP contribution in [0.4, 0.5) is 0 Å². The third-order valence-electron chi connectivity index (χ3n) is 4.00. The SMILES string of the molecule is COc1cccc2c1[nH]c(=S)n2C(C)CN1CCOCC1. The molecule has 0 saturated carbocycles. The number of para-hydroxylation sites is 1. The molecule has 5 nitrogen and oxygen atoms in total. The second kappa shape index (κ2) is 6.17. The minimum Gasteiger partial charge on any atom is -0.494 e. The lowest BCUT2D eigenvalue weighted by atomic mass is 10.2. The molecule has 2 aromatic rings. The summed E-state index contributed by atoms with van der Waals surface area (Å²) in [7, 11) is 1.68. The van der Waals surface area contributed by atoms with Gasteiger partial charge in [-0.25, -0.2) is 0 Å². The van der Waals surface area contributed by atoms with E-state index in [1.165, 1.54) is 0 Å². The number of hydrogen-bond acceptors (Lipinski definition) is 4. The number of imidazole rings is 1. The lowest BCUT2D eigenvalue weighted by Crippen LogP contribution is -2.39. The van der Waals surface area contributed by atoms with E-state index in [0.29, 0.717) is 6.04 Å². The van der Waals surface area contributed by atoms with Crippen molar-refractivity contribution >= 4 is 23.3 Å². The van der Waals surface area contributed by atoms with Crippen LogP contribution in [-0.2, 0) is 4.74 Å². The zero-order chi connectivity index (χ0) is 14.8. The van der Waals surface area contributed by atoms with E-state index < -0.39 is 0 Å². The summed E-state index contributed by atoms with van der Waals surface area (Å²) in [5.41, 5.74) is 2.07. The van der Waals surface area contributed by atoms with Gasteiger partial charge in [0.2, 0.25) is 0 Å².